The number of aromatic amines is 1. The van der Waals surface area contributed by atoms with Crippen LogP contribution in [0.3, 0.4) is 0 Å². The number of hydrogen-bond donors (Lipinski definition) is 3. The van der Waals surface area contributed by atoms with Crippen molar-refractivity contribution in [1.29, 1.82) is 0 Å². The highest BCUT2D eigenvalue weighted by Gasteiger charge is 2.30. The van der Waals surface area contributed by atoms with E-state index in [0.29, 0.717) is 41.0 Å². The van der Waals surface area contributed by atoms with Crippen LogP contribution in [0.25, 0.3) is 32.9 Å². The van der Waals surface area contributed by atoms with Crippen molar-refractivity contribution in [2.45, 2.75) is 6.18 Å². The number of H-pyrrole nitrogens is 1. The van der Waals surface area contributed by atoms with Gasteiger partial charge in [-0.2, -0.15) is 13.2 Å². The van der Waals surface area contributed by atoms with E-state index in [9.17, 15) is 13.2 Å². The minimum Gasteiger partial charge on any atom is -0.361 e. The molecule has 0 spiro atoms. The maximum absolute atomic E-state index is 12.9. The average Bonchev–Trinajstić information content (AvgIpc) is 3.08. The van der Waals surface area contributed by atoms with Gasteiger partial charge in [-0.15, -0.1) is 0 Å². The van der Waals surface area contributed by atoms with Crippen LogP contribution in [-0.4, -0.2) is 33.0 Å². The third kappa shape index (κ3) is 3.17. The van der Waals surface area contributed by atoms with E-state index < -0.39 is 11.7 Å². The fraction of sp³-hybridized carbons (Fsp3) is 0.167. The Kier molecular flexibility index (Phi) is 4.15. The minimum atomic E-state index is -4.39. The normalized spacial score (nSPS) is 12.0. The van der Waals surface area contributed by atoms with Gasteiger partial charge in [0, 0.05) is 65.3 Å². The maximum atomic E-state index is 12.9. The first-order valence-corrected chi connectivity index (χ1v) is 8.21. The zero-order valence-electron chi connectivity index (χ0n) is 14.0. The number of nitrogens with one attached hydrogen (secondary N) is 2. The second-order valence-electron chi connectivity index (χ2n) is 5.99. The molecule has 138 valence electrons. The van der Waals surface area contributed by atoms with Crippen molar-refractivity contribution in [1.82, 2.24) is 19.9 Å². The fourth-order valence-electron chi connectivity index (χ4n) is 2.95. The van der Waals surface area contributed by atoms with E-state index in [0.717, 1.165) is 23.1 Å². The molecule has 6 nitrogen and oxygen atoms in total. The summed E-state index contributed by atoms with van der Waals surface area (Å²) < 4.78 is 38.8. The summed E-state index contributed by atoms with van der Waals surface area (Å²) in [5.74, 6) is 0.430. The monoisotopic (exact) mass is 372 g/mol. The van der Waals surface area contributed by atoms with Crippen molar-refractivity contribution in [3.8, 4) is 11.1 Å². The number of pyridine rings is 1. The number of nitrogens with two attached hydrogens (primary N) is 1. The lowest BCUT2D eigenvalue weighted by Gasteiger charge is -2.08. The number of anilines is 1. The molecule has 3 aromatic heterocycles. The fourth-order valence-corrected chi connectivity index (χ4v) is 2.95. The van der Waals surface area contributed by atoms with E-state index in [4.69, 9.17) is 5.73 Å². The Balaban J connectivity index is 1.86. The Hall–Kier alpha value is -3.20. The second-order valence-corrected chi connectivity index (χ2v) is 5.99. The highest BCUT2D eigenvalue weighted by Crippen LogP contribution is 2.36. The first kappa shape index (κ1) is 17.2. The van der Waals surface area contributed by atoms with Crippen LogP contribution in [0, 0.1) is 0 Å². The maximum Gasteiger partial charge on any atom is 0.416 e. The largest absolute Gasteiger partial charge is 0.416 e. The summed E-state index contributed by atoms with van der Waals surface area (Å²) in [5, 5.41) is 4.41. The van der Waals surface area contributed by atoms with Crippen LogP contribution in [0.2, 0.25) is 0 Å². The third-order valence-electron chi connectivity index (χ3n) is 4.22. The van der Waals surface area contributed by atoms with Gasteiger partial charge in [-0.1, -0.05) is 6.07 Å². The van der Waals surface area contributed by atoms with Crippen molar-refractivity contribution >= 4 is 27.8 Å². The molecule has 4 rings (SSSR count). The Morgan fingerprint density at radius 3 is 2.74 bits per heavy atom. The third-order valence-corrected chi connectivity index (χ3v) is 4.22. The molecule has 0 aliphatic heterocycles. The molecule has 0 amide bonds. The number of aromatic nitrogens is 4. The molecule has 27 heavy (non-hydrogen) atoms. The molecule has 0 saturated heterocycles. The van der Waals surface area contributed by atoms with Crippen molar-refractivity contribution in [2.24, 2.45) is 5.73 Å². The van der Waals surface area contributed by atoms with Crippen molar-refractivity contribution in [3.63, 3.8) is 0 Å². The molecular formula is C18H15F3N6. The van der Waals surface area contributed by atoms with Crippen molar-refractivity contribution < 1.29 is 13.2 Å². The molecule has 4 aromatic rings. The number of benzene rings is 1. The highest BCUT2D eigenvalue weighted by molar-refractivity contribution is 6.03. The zero-order valence-corrected chi connectivity index (χ0v) is 14.0. The first-order chi connectivity index (χ1) is 13.0. The molecule has 0 unspecified atom stereocenters. The van der Waals surface area contributed by atoms with Crippen molar-refractivity contribution in [3.05, 3.63) is 48.5 Å². The molecule has 0 saturated carbocycles. The summed E-state index contributed by atoms with van der Waals surface area (Å²) in [5.41, 5.74) is 7.27. The molecule has 0 bridgehead atoms. The number of nitrogens with zero attached hydrogens (tertiary/aromatic N) is 3. The van der Waals surface area contributed by atoms with Gasteiger partial charge in [0.25, 0.3) is 0 Å². The summed E-state index contributed by atoms with van der Waals surface area (Å²) in [6.07, 6.45) is 2.20. The molecular weight excluding hydrogens is 357 g/mol. The van der Waals surface area contributed by atoms with E-state index in [-0.39, 0.29) is 0 Å². The van der Waals surface area contributed by atoms with Crippen LogP contribution in [0.4, 0.5) is 19.1 Å². The van der Waals surface area contributed by atoms with Gasteiger partial charge in [0.1, 0.15) is 0 Å². The number of alkyl halides is 3. The van der Waals surface area contributed by atoms with Crippen LogP contribution in [-0.2, 0) is 6.18 Å². The minimum absolute atomic E-state index is 0.396. The Morgan fingerprint density at radius 1 is 1.11 bits per heavy atom. The van der Waals surface area contributed by atoms with E-state index in [1.165, 1.54) is 6.07 Å². The number of halogens is 3. The number of hydrogen-bond acceptors (Lipinski definition) is 5. The van der Waals surface area contributed by atoms with Gasteiger partial charge in [-0.25, -0.2) is 9.97 Å². The van der Waals surface area contributed by atoms with Gasteiger partial charge in [-0.05, 0) is 12.1 Å². The Labute approximate surface area is 151 Å². The van der Waals surface area contributed by atoms with Crippen molar-refractivity contribution in [2.75, 3.05) is 18.4 Å². The molecule has 4 N–H and O–H groups in total. The Bertz CT molecular complexity index is 1120. The van der Waals surface area contributed by atoms with Gasteiger partial charge in [0.05, 0.1) is 11.1 Å². The lowest BCUT2D eigenvalue weighted by Crippen LogP contribution is -2.14. The molecule has 0 aliphatic rings. The van der Waals surface area contributed by atoms with Crippen LogP contribution in [0.1, 0.15) is 5.56 Å². The molecule has 3 heterocycles. The van der Waals surface area contributed by atoms with Gasteiger partial charge in [-0.3, -0.25) is 4.98 Å². The molecule has 0 radical (unpaired) electrons. The van der Waals surface area contributed by atoms with Gasteiger partial charge in [0.2, 0.25) is 5.95 Å². The second kappa shape index (κ2) is 6.51. The van der Waals surface area contributed by atoms with Gasteiger partial charge >= 0.3 is 6.18 Å². The van der Waals surface area contributed by atoms with Gasteiger partial charge in [0.15, 0.2) is 0 Å². The van der Waals surface area contributed by atoms with Crippen LogP contribution in [0.15, 0.2) is 43.0 Å². The van der Waals surface area contributed by atoms with E-state index in [1.54, 1.807) is 24.8 Å². The van der Waals surface area contributed by atoms with Crippen LogP contribution in [0.5, 0.6) is 0 Å². The highest BCUT2D eigenvalue weighted by atomic mass is 19.4. The SMILES string of the molecule is NCCNc1ncc2cncc(-c3c[nH]c4cc(C(F)(F)F)ccc34)c2n1. The molecule has 9 heteroatoms. The van der Waals surface area contributed by atoms with Crippen LogP contribution >= 0.6 is 0 Å². The predicted molar refractivity (Wildman–Crippen MR) is 97.2 cm³/mol. The number of fused-ring (bicyclic) bond motifs is 2. The molecule has 0 fully saturated rings. The number of rotatable bonds is 4. The predicted octanol–water partition coefficient (Wildman–Crippen LogP) is 3.56. The summed E-state index contributed by atoms with van der Waals surface area (Å²) in [6, 6.07) is 3.62. The van der Waals surface area contributed by atoms with E-state index >= 15 is 0 Å². The molecule has 0 atom stereocenters. The molecule has 0 aliphatic carbocycles. The summed E-state index contributed by atoms with van der Waals surface area (Å²) >= 11 is 0. The smallest absolute Gasteiger partial charge is 0.361 e. The summed E-state index contributed by atoms with van der Waals surface area (Å²) in [7, 11) is 0. The first-order valence-electron chi connectivity index (χ1n) is 8.21. The summed E-state index contributed by atoms with van der Waals surface area (Å²) in [4.78, 5) is 15.9. The average molecular weight is 372 g/mol. The lowest BCUT2D eigenvalue weighted by molar-refractivity contribution is -0.137. The summed E-state index contributed by atoms with van der Waals surface area (Å²) in [6.45, 7) is 0.966. The quantitative estimate of drug-likeness (QED) is 0.509. The van der Waals surface area contributed by atoms with Crippen LogP contribution < -0.4 is 11.1 Å². The van der Waals surface area contributed by atoms with E-state index in [2.05, 4.69) is 25.3 Å². The topological polar surface area (TPSA) is 92.5 Å². The van der Waals surface area contributed by atoms with Gasteiger partial charge < -0.3 is 16.0 Å². The zero-order chi connectivity index (χ0) is 19.0. The lowest BCUT2D eigenvalue weighted by atomic mass is 10.0. The van der Waals surface area contributed by atoms with E-state index in [1.807, 2.05) is 0 Å². The molecule has 1 aromatic carbocycles. The standard InChI is InChI=1S/C18H15F3N6/c19-18(20,21)11-1-2-12-13(9-25-15(12)5-11)14-8-23-6-10-7-26-17(24-4-3-22)27-16(10)14/h1-2,5-9,25H,3-4,22H2,(H,24,26,27). The Morgan fingerprint density at radius 2 is 1.96 bits per heavy atom.